The Bertz CT molecular complexity index is 714. The summed E-state index contributed by atoms with van der Waals surface area (Å²) in [6.45, 7) is 3.41. The molecule has 1 aromatic carbocycles. The predicted molar refractivity (Wildman–Crippen MR) is 78.9 cm³/mol. The molecule has 0 unspecified atom stereocenters. The molecular weight excluding hydrogens is 284 g/mol. The number of carboxylic acid groups (broad SMARTS) is 1. The third-order valence-electron chi connectivity index (χ3n) is 3.96. The van der Waals surface area contributed by atoms with Crippen LogP contribution >= 0.6 is 0 Å². The molecule has 1 saturated carbocycles. The van der Waals surface area contributed by atoms with Crippen molar-refractivity contribution in [3.05, 3.63) is 46.8 Å². The topological polar surface area (TPSA) is 92.4 Å². The highest BCUT2D eigenvalue weighted by atomic mass is 16.5. The zero-order valence-electron chi connectivity index (χ0n) is 12.3. The van der Waals surface area contributed by atoms with E-state index >= 15 is 0 Å². The van der Waals surface area contributed by atoms with E-state index in [0.717, 1.165) is 5.56 Å². The molecule has 114 valence electrons. The number of amides is 1. The lowest BCUT2D eigenvalue weighted by molar-refractivity contribution is -0.138. The van der Waals surface area contributed by atoms with E-state index in [1.807, 2.05) is 12.1 Å². The van der Waals surface area contributed by atoms with E-state index in [1.165, 1.54) is 0 Å². The van der Waals surface area contributed by atoms with Crippen LogP contribution in [0.5, 0.6) is 0 Å². The number of carbonyl (C=O) groups excluding carboxylic acids is 1. The Morgan fingerprint density at radius 1 is 1.27 bits per heavy atom. The third-order valence-corrected chi connectivity index (χ3v) is 3.96. The van der Waals surface area contributed by atoms with Crippen LogP contribution in [0, 0.1) is 19.8 Å². The molecule has 2 N–H and O–H groups in total. The number of aromatic nitrogens is 1. The molecule has 1 aliphatic rings. The van der Waals surface area contributed by atoms with E-state index < -0.39 is 5.97 Å². The maximum absolute atomic E-state index is 12.2. The first-order chi connectivity index (χ1) is 10.5. The predicted octanol–water partition coefficient (Wildman–Crippen LogP) is 2.73. The quantitative estimate of drug-likeness (QED) is 0.905. The van der Waals surface area contributed by atoms with Gasteiger partial charge in [0.25, 0.3) is 5.91 Å². The second-order valence-electron chi connectivity index (χ2n) is 5.56. The molecule has 0 bridgehead atoms. The summed E-state index contributed by atoms with van der Waals surface area (Å²) in [6.07, 6.45) is 0.681. The first-order valence-electron chi connectivity index (χ1n) is 7.04. The highest BCUT2D eigenvalue weighted by Gasteiger charge is 2.44. The van der Waals surface area contributed by atoms with Crippen LogP contribution in [0.4, 0.5) is 5.69 Å². The maximum Gasteiger partial charge on any atom is 0.307 e. The molecule has 1 heterocycles. The number of hydrogen-bond donors (Lipinski definition) is 2. The number of anilines is 1. The van der Waals surface area contributed by atoms with Gasteiger partial charge in [0.2, 0.25) is 0 Å². The van der Waals surface area contributed by atoms with E-state index in [0.29, 0.717) is 29.1 Å². The SMILES string of the molecule is Cc1noc(C)c1C(=O)Nc1ccc([C@@H]2C[C@H]2C(=O)O)cc1. The highest BCUT2D eigenvalue weighted by molar-refractivity contribution is 6.05. The van der Waals surface area contributed by atoms with Gasteiger partial charge in [-0.1, -0.05) is 17.3 Å². The maximum atomic E-state index is 12.2. The van der Waals surface area contributed by atoms with Crippen molar-refractivity contribution in [3.8, 4) is 0 Å². The molecule has 0 aliphatic heterocycles. The average Bonchev–Trinajstić information content (AvgIpc) is 3.20. The average molecular weight is 300 g/mol. The summed E-state index contributed by atoms with van der Waals surface area (Å²) in [5.41, 5.74) is 2.63. The Hall–Kier alpha value is -2.63. The van der Waals surface area contributed by atoms with Gasteiger partial charge in [0.15, 0.2) is 0 Å². The highest BCUT2D eigenvalue weighted by Crippen LogP contribution is 2.47. The first-order valence-corrected chi connectivity index (χ1v) is 7.04. The van der Waals surface area contributed by atoms with Crippen molar-refractivity contribution >= 4 is 17.6 Å². The molecule has 0 radical (unpaired) electrons. The summed E-state index contributed by atoms with van der Waals surface area (Å²) in [7, 11) is 0. The minimum atomic E-state index is -0.749. The lowest BCUT2D eigenvalue weighted by Crippen LogP contribution is -2.13. The number of aliphatic carboxylic acids is 1. The molecule has 1 aromatic heterocycles. The van der Waals surface area contributed by atoms with Crippen molar-refractivity contribution in [1.29, 1.82) is 0 Å². The van der Waals surface area contributed by atoms with E-state index in [9.17, 15) is 9.59 Å². The number of benzene rings is 1. The van der Waals surface area contributed by atoms with Gasteiger partial charge in [-0.3, -0.25) is 9.59 Å². The van der Waals surface area contributed by atoms with Crippen LogP contribution in [-0.4, -0.2) is 22.1 Å². The van der Waals surface area contributed by atoms with Crippen LogP contribution in [0.15, 0.2) is 28.8 Å². The van der Waals surface area contributed by atoms with Crippen molar-refractivity contribution in [2.24, 2.45) is 5.92 Å². The van der Waals surface area contributed by atoms with Crippen molar-refractivity contribution < 1.29 is 19.2 Å². The van der Waals surface area contributed by atoms with E-state index in [1.54, 1.807) is 26.0 Å². The van der Waals surface area contributed by atoms with Crippen molar-refractivity contribution in [2.45, 2.75) is 26.2 Å². The monoisotopic (exact) mass is 300 g/mol. The first kappa shape index (κ1) is 14.3. The fourth-order valence-electron chi connectivity index (χ4n) is 2.65. The third kappa shape index (κ3) is 2.59. The lowest BCUT2D eigenvalue weighted by Gasteiger charge is -2.06. The number of carbonyl (C=O) groups is 2. The summed E-state index contributed by atoms with van der Waals surface area (Å²) >= 11 is 0. The Balaban J connectivity index is 1.69. The second-order valence-corrected chi connectivity index (χ2v) is 5.56. The Labute approximate surface area is 127 Å². The normalized spacial score (nSPS) is 19.7. The lowest BCUT2D eigenvalue weighted by atomic mass is 10.1. The van der Waals surface area contributed by atoms with E-state index in [2.05, 4.69) is 10.5 Å². The number of carboxylic acids is 1. The summed E-state index contributed by atoms with van der Waals surface area (Å²) in [4.78, 5) is 23.1. The van der Waals surface area contributed by atoms with E-state index in [4.69, 9.17) is 9.63 Å². The molecule has 0 spiro atoms. The molecule has 22 heavy (non-hydrogen) atoms. The number of nitrogens with zero attached hydrogens (tertiary/aromatic N) is 1. The number of hydrogen-bond acceptors (Lipinski definition) is 4. The summed E-state index contributed by atoms with van der Waals surface area (Å²) in [5.74, 6) is -0.721. The van der Waals surface area contributed by atoms with Gasteiger partial charge in [-0.2, -0.15) is 0 Å². The molecule has 3 rings (SSSR count). The van der Waals surface area contributed by atoms with Crippen LogP contribution in [0.2, 0.25) is 0 Å². The van der Waals surface area contributed by atoms with Gasteiger partial charge in [-0.25, -0.2) is 0 Å². The van der Waals surface area contributed by atoms with Gasteiger partial charge in [0, 0.05) is 5.69 Å². The van der Waals surface area contributed by atoms with Crippen molar-refractivity contribution in [3.63, 3.8) is 0 Å². The largest absolute Gasteiger partial charge is 0.481 e. The molecule has 0 saturated heterocycles. The van der Waals surface area contributed by atoms with Crippen LogP contribution in [0.25, 0.3) is 0 Å². The minimum absolute atomic E-state index is 0.0878. The number of nitrogens with one attached hydrogen (secondary N) is 1. The van der Waals surface area contributed by atoms with Gasteiger partial charge >= 0.3 is 5.97 Å². The molecule has 2 aromatic rings. The van der Waals surface area contributed by atoms with Crippen molar-refractivity contribution in [2.75, 3.05) is 5.32 Å². The zero-order valence-corrected chi connectivity index (χ0v) is 12.3. The smallest absolute Gasteiger partial charge is 0.307 e. The molecule has 6 heteroatoms. The molecule has 6 nitrogen and oxygen atoms in total. The van der Waals surface area contributed by atoms with Gasteiger partial charge < -0.3 is 14.9 Å². The number of rotatable bonds is 4. The molecular formula is C16H16N2O4. The molecule has 1 amide bonds. The van der Waals surface area contributed by atoms with Crippen LogP contribution < -0.4 is 5.32 Å². The Morgan fingerprint density at radius 2 is 1.95 bits per heavy atom. The molecule has 2 atom stereocenters. The fraction of sp³-hybridized carbons (Fsp3) is 0.312. The zero-order chi connectivity index (χ0) is 15.9. The van der Waals surface area contributed by atoms with Gasteiger partial charge in [0.05, 0.1) is 11.6 Å². The van der Waals surface area contributed by atoms with Gasteiger partial charge in [-0.15, -0.1) is 0 Å². The summed E-state index contributed by atoms with van der Waals surface area (Å²) in [6, 6.07) is 7.28. The number of aryl methyl sites for hydroxylation is 2. The van der Waals surface area contributed by atoms with Crippen LogP contribution in [0.1, 0.15) is 39.7 Å². The van der Waals surface area contributed by atoms with Crippen LogP contribution in [0.3, 0.4) is 0 Å². The second kappa shape index (κ2) is 5.29. The van der Waals surface area contributed by atoms with Crippen molar-refractivity contribution in [1.82, 2.24) is 5.16 Å². The van der Waals surface area contributed by atoms with Gasteiger partial charge in [0.1, 0.15) is 11.3 Å². The standard InChI is InChI=1S/C16H16N2O4/c1-8-14(9(2)22-18-8)15(19)17-11-5-3-10(4-6-11)12-7-13(12)16(20)21/h3-6,12-13H,7H2,1-2H3,(H,17,19)(H,20,21)/t12-,13+/m0/s1. The van der Waals surface area contributed by atoms with Crippen LogP contribution in [-0.2, 0) is 4.79 Å². The summed E-state index contributed by atoms with van der Waals surface area (Å²) in [5, 5.41) is 15.5. The molecule has 1 fully saturated rings. The fourth-order valence-corrected chi connectivity index (χ4v) is 2.65. The molecule has 1 aliphatic carbocycles. The Morgan fingerprint density at radius 3 is 2.45 bits per heavy atom. The minimum Gasteiger partial charge on any atom is -0.481 e. The van der Waals surface area contributed by atoms with Gasteiger partial charge in [-0.05, 0) is 43.9 Å². The van der Waals surface area contributed by atoms with E-state index in [-0.39, 0.29) is 17.7 Å². The Kier molecular flexibility index (Phi) is 3.44. The summed E-state index contributed by atoms with van der Waals surface area (Å²) < 4.78 is 4.98.